The molecule has 1 saturated heterocycles. The molecule has 0 spiro atoms. The minimum Gasteiger partial charge on any atom is -0.726 e. The molecule has 13 heteroatoms. The zero-order valence-corrected chi connectivity index (χ0v) is 26.6. The van der Waals surface area contributed by atoms with Gasteiger partial charge in [-0.1, -0.05) is 25.5 Å². The van der Waals surface area contributed by atoms with Crippen LogP contribution in [0.2, 0.25) is 0 Å². The maximum atomic E-state index is 11.0. The second-order valence-electron chi connectivity index (χ2n) is 13.1. The molecule has 11 nitrogen and oxygen atoms in total. The van der Waals surface area contributed by atoms with Crippen molar-refractivity contribution in [1.82, 2.24) is 0 Å². The van der Waals surface area contributed by atoms with E-state index in [1.807, 2.05) is 0 Å². The number of ether oxygens (including phenoxy) is 2. The number of allylic oxidation sites excluding steroid dienone is 1. The van der Waals surface area contributed by atoms with E-state index in [9.17, 15) is 38.5 Å². The third-order valence-electron chi connectivity index (χ3n) is 11.0. The topological polar surface area (TPSA) is 186 Å². The van der Waals surface area contributed by atoms with Gasteiger partial charge in [-0.05, 0) is 80.5 Å². The molecule has 224 valence electrons. The summed E-state index contributed by atoms with van der Waals surface area (Å²) >= 11 is 0. The van der Waals surface area contributed by atoms with E-state index in [2.05, 4.69) is 24.1 Å². The van der Waals surface area contributed by atoms with E-state index in [4.69, 9.17) is 9.47 Å². The summed E-state index contributed by atoms with van der Waals surface area (Å²) in [7, 11) is -5.07. The first-order chi connectivity index (χ1) is 18.2. The molecule has 5 N–H and O–H groups in total. The normalized spacial score (nSPS) is 49.6. The first-order valence-corrected chi connectivity index (χ1v) is 15.5. The molecule has 1 aliphatic heterocycles. The van der Waals surface area contributed by atoms with Crippen LogP contribution in [0.4, 0.5) is 0 Å². The van der Waals surface area contributed by atoms with E-state index in [1.165, 1.54) is 5.57 Å². The summed E-state index contributed by atoms with van der Waals surface area (Å²) in [5.74, 6) is 0.769. The van der Waals surface area contributed by atoms with Crippen molar-refractivity contribution in [2.24, 2.45) is 34.5 Å². The Kier molecular flexibility index (Phi) is 9.99. The molecule has 1 heterocycles. The van der Waals surface area contributed by atoms with Crippen molar-refractivity contribution in [3.63, 3.8) is 0 Å². The first-order valence-electron chi connectivity index (χ1n) is 14.2. The van der Waals surface area contributed by atoms with Gasteiger partial charge in [0.05, 0.1) is 24.9 Å². The van der Waals surface area contributed by atoms with Gasteiger partial charge in [0.25, 0.3) is 0 Å². The second-order valence-corrected chi connectivity index (χ2v) is 14.1. The molecule has 40 heavy (non-hydrogen) atoms. The predicted octanol–water partition coefficient (Wildman–Crippen LogP) is -2.41. The SMILES string of the molecule is CC(O)[C@H]1[C@H](O[C@@H]2O[C@H](COS(=O)(=O)[O-])[C@@H](O)[C@H](O)[C@H]2O)C[C@H]2[C@@H]3CC=C4C[C@@H](O)CC[C@]4(C)[C@H]3CC[C@@]21C.[Na+]. The number of hydrogen-bond acceptors (Lipinski definition) is 11. The van der Waals surface area contributed by atoms with Crippen LogP contribution in [0, 0.1) is 34.5 Å². The van der Waals surface area contributed by atoms with Crippen molar-refractivity contribution >= 4 is 10.4 Å². The van der Waals surface area contributed by atoms with Crippen molar-refractivity contribution in [3.05, 3.63) is 11.6 Å². The van der Waals surface area contributed by atoms with Crippen LogP contribution in [0.15, 0.2) is 11.6 Å². The fraction of sp³-hybridized carbons (Fsp3) is 0.926. The third kappa shape index (κ3) is 5.88. The van der Waals surface area contributed by atoms with Gasteiger partial charge in [0.15, 0.2) is 6.29 Å². The fourth-order valence-electron chi connectivity index (χ4n) is 9.16. The molecule has 0 bridgehead atoms. The maximum absolute atomic E-state index is 11.0. The number of hydrogen-bond donors (Lipinski definition) is 5. The average molecular weight is 599 g/mol. The van der Waals surface area contributed by atoms with Gasteiger partial charge in [0.1, 0.15) is 24.4 Å². The zero-order chi connectivity index (χ0) is 28.5. The Morgan fingerprint density at radius 1 is 1.10 bits per heavy atom. The Morgan fingerprint density at radius 2 is 1.80 bits per heavy atom. The Labute approximate surface area is 258 Å². The molecule has 14 atom stereocenters. The van der Waals surface area contributed by atoms with E-state index >= 15 is 0 Å². The monoisotopic (exact) mass is 598 g/mol. The van der Waals surface area contributed by atoms with Crippen LogP contribution in [-0.4, -0.2) is 94.1 Å². The molecule has 1 unspecified atom stereocenters. The number of aliphatic hydroxyl groups is 5. The Bertz CT molecular complexity index is 1060. The largest absolute Gasteiger partial charge is 1.00 e. The summed E-state index contributed by atoms with van der Waals surface area (Å²) in [4.78, 5) is 0. The van der Waals surface area contributed by atoms with Crippen LogP contribution in [0.1, 0.15) is 65.7 Å². The summed E-state index contributed by atoms with van der Waals surface area (Å²) in [6, 6.07) is 0. The average Bonchev–Trinajstić information content (AvgIpc) is 3.15. The number of fused-ring (bicyclic) bond motifs is 5. The molecule has 0 radical (unpaired) electrons. The Hall–Kier alpha value is 0.330. The van der Waals surface area contributed by atoms with Gasteiger partial charge in [-0.3, -0.25) is 4.18 Å². The Morgan fingerprint density at radius 3 is 2.45 bits per heavy atom. The van der Waals surface area contributed by atoms with Crippen molar-refractivity contribution in [2.45, 2.75) is 115 Å². The van der Waals surface area contributed by atoms with Crippen molar-refractivity contribution in [2.75, 3.05) is 6.61 Å². The van der Waals surface area contributed by atoms with Crippen LogP contribution in [0.5, 0.6) is 0 Å². The molecular formula is C27H43NaO11S. The van der Waals surface area contributed by atoms with Gasteiger partial charge in [-0.25, -0.2) is 8.42 Å². The minimum absolute atomic E-state index is 0. The summed E-state index contributed by atoms with van der Waals surface area (Å²) in [5, 5.41) is 52.6. The molecule has 0 amide bonds. The zero-order valence-electron chi connectivity index (χ0n) is 23.8. The number of rotatable bonds is 6. The molecule has 0 aromatic carbocycles. The van der Waals surface area contributed by atoms with E-state index in [-0.39, 0.29) is 58.3 Å². The van der Waals surface area contributed by atoms with Crippen molar-refractivity contribution in [1.29, 1.82) is 0 Å². The fourth-order valence-corrected chi connectivity index (χ4v) is 9.46. The summed E-state index contributed by atoms with van der Waals surface area (Å²) in [6.07, 6.45) is -1.22. The van der Waals surface area contributed by atoms with E-state index in [0.717, 1.165) is 38.5 Å². The molecule has 4 fully saturated rings. The third-order valence-corrected chi connectivity index (χ3v) is 11.5. The molecular weight excluding hydrogens is 555 g/mol. The molecule has 0 aromatic heterocycles. The predicted molar refractivity (Wildman–Crippen MR) is 135 cm³/mol. The first kappa shape index (κ1) is 33.2. The molecule has 5 aliphatic rings. The van der Waals surface area contributed by atoms with E-state index in [1.54, 1.807) is 6.92 Å². The van der Waals surface area contributed by atoms with Crippen LogP contribution < -0.4 is 29.6 Å². The Balaban J connectivity index is 0.00000370. The van der Waals surface area contributed by atoms with E-state index in [0.29, 0.717) is 18.3 Å². The van der Waals surface area contributed by atoms with Crippen LogP contribution in [0.25, 0.3) is 0 Å². The van der Waals surface area contributed by atoms with Crippen molar-refractivity contribution < 1.29 is 81.7 Å². The minimum atomic E-state index is -5.07. The second kappa shape index (κ2) is 12.0. The summed E-state index contributed by atoms with van der Waals surface area (Å²) in [6.45, 7) is 5.43. The van der Waals surface area contributed by atoms with Crippen molar-refractivity contribution in [3.8, 4) is 0 Å². The maximum Gasteiger partial charge on any atom is 1.00 e. The number of aliphatic hydroxyl groups excluding tert-OH is 5. The smallest absolute Gasteiger partial charge is 0.726 e. The quantitative estimate of drug-likeness (QED) is 0.0949. The van der Waals surface area contributed by atoms with Gasteiger partial charge in [-0.15, -0.1) is 0 Å². The summed E-state index contributed by atoms with van der Waals surface area (Å²) < 4.78 is 48.9. The van der Waals surface area contributed by atoms with Crippen LogP contribution >= 0.6 is 0 Å². The summed E-state index contributed by atoms with van der Waals surface area (Å²) in [5.41, 5.74) is 1.16. The van der Waals surface area contributed by atoms with Gasteiger partial charge < -0.3 is 39.6 Å². The standard InChI is InChI=1S/C27H44O11S.Na/c1-13(28)21-19(37-25-24(32)23(31)22(30)20(38-25)12-36-39(33,34)35)11-18-16-5-4-14-10-15(29)6-8-26(14,2)17(16)7-9-27(18,21)3;/h4,13,15-25,28-32H,5-12H2,1-3H3,(H,33,34,35);/q;+1/p-1/t13?,15-,16+,17-,18-,19+,20+,21-,22+,23-,24+,25+,26-,27-;/m0./s1. The van der Waals surface area contributed by atoms with Gasteiger partial charge in [-0.2, -0.15) is 0 Å². The van der Waals surface area contributed by atoms with Gasteiger partial charge in [0.2, 0.25) is 10.4 Å². The molecule has 4 aliphatic carbocycles. The molecule has 3 saturated carbocycles. The van der Waals surface area contributed by atoms with Crippen LogP contribution in [-0.2, 0) is 24.1 Å². The van der Waals surface area contributed by atoms with Gasteiger partial charge >= 0.3 is 29.6 Å². The molecule has 0 aromatic rings. The van der Waals surface area contributed by atoms with E-state index < -0.39 is 59.9 Å². The van der Waals surface area contributed by atoms with Crippen LogP contribution in [0.3, 0.4) is 0 Å². The van der Waals surface area contributed by atoms with Gasteiger partial charge in [0, 0.05) is 5.92 Å². The molecule has 5 rings (SSSR count).